The minimum Gasteiger partial charge on any atom is -0.387 e. The summed E-state index contributed by atoms with van der Waals surface area (Å²) in [5.41, 5.74) is 0.710. The first-order valence-electron chi connectivity index (χ1n) is 6.04. The van der Waals surface area contributed by atoms with Gasteiger partial charge in [0.15, 0.2) is 0 Å². The van der Waals surface area contributed by atoms with Gasteiger partial charge in [0, 0.05) is 22.1 Å². The zero-order valence-electron chi connectivity index (χ0n) is 10.7. The van der Waals surface area contributed by atoms with Gasteiger partial charge in [0.25, 0.3) is 5.91 Å². The van der Waals surface area contributed by atoms with Crippen molar-refractivity contribution in [1.29, 1.82) is 0 Å². The van der Waals surface area contributed by atoms with Gasteiger partial charge >= 0.3 is 0 Å². The molecule has 0 aliphatic heterocycles. The molecule has 0 radical (unpaired) electrons. The number of aliphatic hydroxyl groups excluding tert-OH is 1. The number of carbonyl (C=O) groups is 1. The predicted octanol–water partition coefficient (Wildman–Crippen LogP) is 2.96. The molecule has 1 amide bonds. The van der Waals surface area contributed by atoms with Crippen molar-refractivity contribution >= 4 is 43.5 Å². The van der Waals surface area contributed by atoms with Gasteiger partial charge < -0.3 is 14.7 Å². The molecule has 0 bridgehead atoms. The van der Waals surface area contributed by atoms with Gasteiger partial charge in [-0.3, -0.25) is 4.79 Å². The Morgan fingerprint density at radius 2 is 1.95 bits per heavy atom. The van der Waals surface area contributed by atoms with E-state index in [4.69, 9.17) is 9.84 Å². The number of hydrogen-bond donors (Lipinski definition) is 1. The highest BCUT2D eigenvalue weighted by Gasteiger charge is 2.19. The molecule has 0 heterocycles. The Labute approximate surface area is 130 Å². The highest BCUT2D eigenvalue weighted by atomic mass is 79.9. The van der Waals surface area contributed by atoms with Crippen LogP contribution in [0.1, 0.15) is 13.3 Å². The Kier molecular flexibility index (Phi) is 7.60. The minimum atomic E-state index is -0.526. The maximum absolute atomic E-state index is 11.9. The number of para-hydroxylation sites is 1. The van der Waals surface area contributed by atoms with Crippen LogP contribution < -0.4 is 4.90 Å². The first kappa shape index (κ1) is 16.6. The molecule has 0 saturated carbocycles. The van der Waals surface area contributed by atoms with Crippen molar-refractivity contribution in [2.45, 2.75) is 13.3 Å². The SMILES string of the molecule is CCCOCCN(C(=O)CO)c1c(Br)cccc1Br. The quantitative estimate of drug-likeness (QED) is 0.723. The number of hydrogen-bond acceptors (Lipinski definition) is 3. The summed E-state index contributed by atoms with van der Waals surface area (Å²) in [6, 6.07) is 5.57. The molecule has 0 saturated heterocycles. The van der Waals surface area contributed by atoms with E-state index in [1.54, 1.807) is 0 Å². The Morgan fingerprint density at radius 3 is 2.47 bits per heavy atom. The Morgan fingerprint density at radius 1 is 1.32 bits per heavy atom. The van der Waals surface area contributed by atoms with Crippen LogP contribution in [0.2, 0.25) is 0 Å². The second-order valence-corrected chi connectivity index (χ2v) is 5.59. The van der Waals surface area contributed by atoms with Crippen molar-refractivity contribution in [2.75, 3.05) is 31.3 Å². The van der Waals surface area contributed by atoms with E-state index in [2.05, 4.69) is 31.9 Å². The Bertz CT molecular complexity index is 406. The third kappa shape index (κ3) is 4.87. The van der Waals surface area contributed by atoms with E-state index in [-0.39, 0.29) is 5.91 Å². The number of carbonyl (C=O) groups excluding carboxylic acids is 1. The van der Waals surface area contributed by atoms with Crippen LogP contribution in [-0.2, 0) is 9.53 Å². The third-order valence-electron chi connectivity index (χ3n) is 2.45. The van der Waals surface area contributed by atoms with Gasteiger partial charge in [-0.25, -0.2) is 0 Å². The van der Waals surface area contributed by atoms with Crippen LogP contribution in [0, 0.1) is 0 Å². The monoisotopic (exact) mass is 393 g/mol. The molecule has 1 aromatic carbocycles. The number of ether oxygens (including phenoxy) is 1. The summed E-state index contributed by atoms with van der Waals surface area (Å²) < 4.78 is 6.98. The van der Waals surface area contributed by atoms with E-state index >= 15 is 0 Å². The molecule has 1 aromatic rings. The van der Waals surface area contributed by atoms with Crippen molar-refractivity contribution in [1.82, 2.24) is 0 Å². The Hall–Kier alpha value is -0.430. The summed E-state index contributed by atoms with van der Waals surface area (Å²) in [6.07, 6.45) is 0.937. The van der Waals surface area contributed by atoms with E-state index < -0.39 is 6.61 Å². The van der Waals surface area contributed by atoms with E-state index in [1.807, 2.05) is 25.1 Å². The average molecular weight is 395 g/mol. The maximum atomic E-state index is 11.9. The fraction of sp³-hybridized carbons (Fsp3) is 0.462. The second-order valence-electron chi connectivity index (χ2n) is 3.89. The van der Waals surface area contributed by atoms with Crippen molar-refractivity contribution < 1.29 is 14.6 Å². The summed E-state index contributed by atoms with van der Waals surface area (Å²) >= 11 is 6.84. The standard InChI is InChI=1S/C13H17Br2NO3/c1-2-7-19-8-6-16(12(18)9-17)13-10(14)4-3-5-11(13)15/h3-5,17H,2,6-9H2,1H3. The van der Waals surface area contributed by atoms with E-state index in [0.717, 1.165) is 15.4 Å². The van der Waals surface area contributed by atoms with Crippen LogP contribution in [0.3, 0.4) is 0 Å². The van der Waals surface area contributed by atoms with Crippen molar-refractivity contribution in [3.63, 3.8) is 0 Å². The first-order valence-corrected chi connectivity index (χ1v) is 7.63. The van der Waals surface area contributed by atoms with Crippen LogP contribution in [0.25, 0.3) is 0 Å². The summed E-state index contributed by atoms with van der Waals surface area (Å²) in [5, 5.41) is 9.09. The Balaban J connectivity index is 2.87. The van der Waals surface area contributed by atoms with Gasteiger partial charge in [-0.1, -0.05) is 13.0 Å². The number of anilines is 1. The molecule has 0 fully saturated rings. The lowest BCUT2D eigenvalue weighted by atomic mass is 10.3. The lowest BCUT2D eigenvalue weighted by Gasteiger charge is -2.24. The summed E-state index contributed by atoms with van der Waals surface area (Å²) in [7, 11) is 0. The van der Waals surface area contributed by atoms with Crippen molar-refractivity contribution in [3.8, 4) is 0 Å². The van der Waals surface area contributed by atoms with E-state index in [0.29, 0.717) is 25.4 Å². The highest BCUT2D eigenvalue weighted by molar-refractivity contribution is 9.11. The largest absolute Gasteiger partial charge is 0.387 e. The van der Waals surface area contributed by atoms with E-state index in [9.17, 15) is 4.79 Å². The normalized spacial score (nSPS) is 10.5. The van der Waals surface area contributed by atoms with Crippen LogP contribution in [0.5, 0.6) is 0 Å². The third-order valence-corrected chi connectivity index (χ3v) is 3.73. The van der Waals surface area contributed by atoms with Gasteiger partial charge in [-0.05, 0) is 50.4 Å². The molecule has 0 unspecified atom stereocenters. The number of nitrogens with zero attached hydrogens (tertiary/aromatic N) is 1. The lowest BCUT2D eigenvalue weighted by molar-refractivity contribution is -0.121. The van der Waals surface area contributed by atoms with Crippen LogP contribution in [-0.4, -0.2) is 37.4 Å². The number of aliphatic hydroxyl groups is 1. The van der Waals surface area contributed by atoms with E-state index in [1.165, 1.54) is 4.90 Å². The number of benzene rings is 1. The van der Waals surface area contributed by atoms with Gasteiger partial charge in [0.1, 0.15) is 6.61 Å². The topological polar surface area (TPSA) is 49.8 Å². The molecule has 4 nitrogen and oxygen atoms in total. The summed E-state index contributed by atoms with van der Waals surface area (Å²) in [6.45, 7) is 3.01. The lowest BCUT2D eigenvalue weighted by Crippen LogP contribution is -2.36. The van der Waals surface area contributed by atoms with Crippen LogP contribution in [0.15, 0.2) is 27.1 Å². The molecule has 6 heteroatoms. The molecule has 1 rings (SSSR count). The molecule has 0 aromatic heterocycles. The van der Waals surface area contributed by atoms with Crippen molar-refractivity contribution in [3.05, 3.63) is 27.1 Å². The highest BCUT2D eigenvalue weighted by Crippen LogP contribution is 2.34. The van der Waals surface area contributed by atoms with Gasteiger partial charge in [0.05, 0.1) is 12.3 Å². The fourth-order valence-electron chi connectivity index (χ4n) is 1.60. The molecule has 106 valence electrons. The first-order chi connectivity index (χ1) is 9.11. The molecule has 19 heavy (non-hydrogen) atoms. The molecule has 1 N–H and O–H groups in total. The van der Waals surface area contributed by atoms with Crippen LogP contribution >= 0.6 is 31.9 Å². The fourth-order valence-corrected chi connectivity index (χ4v) is 3.02. The summed E-state index contributed by atoms with van der Waals surface area (Å²) in [4.78, 5) is 13.4. The number of rotatable bonds is 7. The molecule has 0 atom stereocenters. The zero-order valence-corrected chi connectivity index (χ0v) is 13.9. The smallest absolute Gasteiger partial charge is 0.252 e. The molecule has 0 spiro atoms. The van der Waals surface area contributed by atoms with Gasteiger partial charge in [0.2, 0.25) is 0 Å². The number of amides is 1. The molecular formula is C13H17Br2NO3. The zero-order chi connectivity index (χ0) is 14.3. The second kappa shape index (κ2) is 8.68. The predicted molar refractivity (Wildman–Crippen MR) is 82.4 cm³/mol. The molecular weight excluding hydrogens is 378 g/mol. The molecule has 0 aliphatic carbocycles. The number of halogens is 2. The minimum absolute atomic E-state index is 0.354. The van der Waals surface area contributed by atoms with Crippen LogP contribution in [0.4, 0.5) is 5.69 Å². The average Bonchev–Trinajstić information content (AvgIpc) is 2.40. The van der Waals surface area contributed by atoms with Crippen molar-refractivity contribution in [2.24, 2.45) is 0 Å². The van der Waals surface area contributed by atoms with Gasteiger partial charge in [-0.2, -0.15) is 0 Å². The summed E-state index contributed by atoms with van der Waals surface area (Å²) in [5.74, 6) is -0.354. The maximum Gasteiger partial charge on any atom is 0.252 e. The van der Waals surface area contributed by atoms with Gasteiger partial charge in [-0.15, -0.1) is 0 Å². The molecule has 0 aliphatic rings.